The summed E-state index contributed by atoms with van der Waals surface area (Å²) in [4.78, 5) is 0. The van der Waals surface area contributed by atoms with Crippen molar-refractivity contribution in [3.63, 3.8) is 0 Å². The molecule has 14 heavy (non-hydrogen) atoms. The molecule has 0 saturated carbocycles. The quantitative estimate of drug-likeness (QED) is 0.660. The van der Waals surface area contributed by atoms with Gasteiger partial charge in [-0.3, -0.25) is 0 Å². The molecule has 0 aromatic rings. The summed E-state index contributed by atoms with van der Waals surface area (Å²) in [5, 5.41) is 18.9. The van der Waals surface area contributed by atoms with E-state index in [-0.39, 0.29) is 5.92 Å². The van der Waals surface area contributed by atoms with E-state index >= 15 is 0 Å². The summed E-state index contributed by atoms with van der Waals surface area (Å²) in [5.41, 5.74) is -0.0705. The number of allylic oxidation sites excluding steroid dienone is 1. The highest BCUT2D eigenvalue weighted by Crippen LogP contribution is 2.07. The van der Waals surface area contributed by atoms with E-state index in [9.17, 15) is 10.2 Å². The summed E-state index contributed by atoms with van der Waals surface area (Å²) in [6, 6.07) is 0. The summed E-state index contributed by atoms with van der Waals surface area (Å²) >= 11 is 0. The van der Waals surface area contributed by atoms with Gasteiger partial charge in [0.05, 0.1) is 5.60 Å². The van der Waals surface area contributed by atoms with E-state index in [1.54, 1.807) is 19.9 Å². The zero-order chi connectivity index (χ0) is 11.4. The summed E-state index contributed by atoms with van der Waals surface area (Å²) in [6.45, 7) is 9.02. The maximum absolute atomic E-state index is 9.46. The Hall–Kier alpha value is -0.780. The molecule has 0 rings (SSSR count). The van der Waals surface area contributed by atoms with E-state index < -0.39 is 11.7 Å². The first-order chi connectivity index (χ1) is 6.22. The molecule has 0 radical (unpaired) electrons. The summed E-state index contributed by atoms with van der Waals surface area (Å²) in [6.07, 6.45) is 1.08. The maximum atomic E-state index is 9.46. The number of hydrogen-bond donors (Lipinski definition) is 2. The highest BCUT2D eigenvalue weighted by molar-refractivity contribution is 5.29. The average Bonchev–Trinajstić information content (AvgIpc) is 1.96. The third-order valence-electron chi connectivity index (χ3n) is 1.62. The number of aliphatic hydroxyl groups is 2. The molecular formula is C12H20O2. The first kappa shape index (κ1) is 13.2. The van der Waals surface area contributed by atoms with Crippen molar-refractivity contribution >= 4 is 0 Å². The standard InChI is InChI=1S/C12H20O2/c1-9(2)11(13)7-6-10(3)8-12(4,5)14/h8-9,11,13-14H,1-5H3/b10-8+. The summed E-state index contributed by atoms with van der Waals surface area (Å²) in [5.74, 6) is 5.69. The van der Waals surface area contributed by atoms with Gasteiger partial charge in [-0.25, -0.2) is 0 Å². The van der Waals surface area contributed by atoms with Crippen LogP contribution >= 0.6 is 0 Å². The van der Waals surface area contributed by atoms with Gasteiger partial charge < -0.3 is 10.2 Å². The van der Waals surface area contributed by atoms with Crippen LogP contribution in [0.1, 0.15) is 34.6 Å². The third-order valence-corrected chi connectivity index (χ3v) is 1.62. The van der Waals surface area contributed by atoms with Gasteiger partial charge in [0.2, 0.25) is 0 Å². The van der Waals surface area contributed by atoms with Gasteiger partial charge in [-0.2, -0.15) is 0 Å². The topological polar surface area (TPSA) is 40.5 Å². The predicted octanol–water partition coefficient (Wildman–Crippen LogP) is 1.72. The lowest BCUT2D eigenvalue weighted by Gasteiger charge is -2.11. The molecule has 1 unspecified atom stereocenters. The molecule has 0 aromatic heterocycles. The normalized spacial score (nSPS) is 15.0. The second kappa shape index (κ2) is 5.19. The Morgan fingerprint density at radius 2 is 1.86 bits per heavy atom. The highest BCUT2D eigenvalue weighted by atomic mass is 16.3. The van der Waals surface area contributed by atoms with Gasteiger partial charge >= 0.3 is 0 Å². The second-order valence-electron chi connectivity index (χ2n) is 4.44. The van der Waals surface area contributed by atoms with Crippen molar-refractivity contribution in [3.05, 3.63) is 11.6 Å². The monoisotopic (exact) mass is 196 g/mol. The Morgan fingerprint density at radius 3 is 2.21 bits per heavy atom. The first-order valence-electron chi connectivity index (χ1n) is 4.84. The van der Waals surface area contributed by atoms with Crippen molar-refractivity contribution in [2.45, 2.75) is 46.3 Å². The van der Waals surface area contributed by atoms with Gasteiger partial charge in [0, 0.05) is 0 Å². The van der Waals surface area contributed by atoms with E-state index in [2.05, 4.69) is 11.8 Å². The number of aliphatic hydroxyl groups excluding tert-OH is 1. The van der Waals surface area contributed by atoms with E-state index in [0.717, 1.165) is 5.57 Å². The van der Waals surface area contributed by atoms with Crippen LogP contribution in [0.5, 0.6) is 0 Å². The van der Waals surface area contributed by atoms with Gasteiger partial charge in [-0.1, -0.05) is 25.7 Å². The van der Waals surface area contributed by atoms with Gasteiger partial charge in [-0.15, -0.1) is 0 Å². The van der Waals surface area contributed by atoms with Crippen LogP contribution in [0.25, 0.3) is 0 Å². The van der Waals surface area contributed by atoms with Crippen LogP contribution in [0.15, 0.2) is 11.6 Å². The molecule has 2 N–H and O–H groups in total. The third kappa shape index (κ3) is 6.71. The fraction of sp³-hybridized carbons (Fsp3) is 0.667. The molecule has 0 aliphatic heterocycles. The number of rotatable bonds is 2. The molecule has 2 nitrogen and oxygen atoms in total. The molecule has 0 aromatic carbocycles. The van der Waals surface area contributed by atoms with Crippen LogP contribution in [0.4, 0.5) is 0 Å². The lowest BCUT2D eigenvalue weighted by Crippen LogP contribution is -2.15. The molecule has 0 saturated heterocycles. The van der Waals surface area contributed by atoms with E-state index in [1.165, 1.54) is 0 Å². The Labute approximate surface area is 86.7 Å². The van der Waals surface area contributed by atoms with Crippen molar-refractivity contribution in [1.82, 2.24) is 0 Å². The molecule has 0 aliphatic carbocycles. The van der Waals surface area contributed by atoms with Crippen LogP contribution in [-0.4, -0.2) is 21.9 Å². The van der Waals surface area contributed by atoms with Gasteiger partial charge in [-0.05, 0) is 38.3 Å². The van der Waals surface area contributed by atoms with Gasteiger partial charge in [0.1, 0.15) is 6.10 Å². The zero-order valence-electron chi connectivity index (χ0n) is 9.63. The number of hydrogen-bond acceptors (Lipinski definition) is 2. The Balaban J connectivity index is 4.45. The highest BCUT2D eigenvalue weighted by Gasteiger charge is 2.07. The SMILES string of the molecule is C/C(C#CC(O)C(C)C)=C\C(C)(C)O. The summed E-state index contributed by atoms with van der Waals surface area (Å²) in [7, 11) is 0. The molecule has 80 valence electrons. The van der Waals surface area contributed by atoms with Crippen molar-refractivity contribution in [1.29, 1.82) is 0 Å². The van der Waals surface area contributed by atoms with Crippen LogP contribution in [0.2, 0.25) is 0 Å². The van der Waals surface area contributed by atoms with Gasteiger partial charge in [0.25, 0.3) is 0 Å². The average molecular weight is 196 g/mol. The van der Waals surface area contributed by atoms with Gasteiger partial charge in [0.15, 0.2) is 0 Å². The molecule has 0 bridgehead atoms. The minimum atomic E-state index is -0.846. The van der Waals surface area contributed by atoms with Crippen LogP contribution in [-0.2, 0) is 0 Å². The van der Waals surface area contributed by atoms with Crippen molar-refractivity contribution in [3.8, 4) is 11.8 Å². The Morgan fingerprint density at radius 1 is 1.36 bits per heavy atom. The largest absolute Gasteiger partial charge is 0.386 e. The zero-order valence-corrected chi connectivity index (χ0v) is 9.63. The van der Waals surface area contributed by atoms with Crippen molar-refractivity contribution < 1.29 is 10.2 Å². The lowest BCUT2D eigenvalue weighted by atomic mass is 10.0. The molecule has 0 heterocycles. The molecule has 0 spiro atoms. The molecule has 0 amide bonds. The molecular weight excluding hydrogens is 176 g/mol. The fourth-order valence-electron chi connectivity index (χ4n) is 0.920. The molecule has 1 atom stereocenters. The molecule has 0 fully saturated rings. The van der Waals surface area contributed by atoms with Crippen molar-refractivity contribution in [2.24, 2.45) is 5.92 Å². The smallest absolute Gasteiger partial charge is 0.117 e. The minimum Gasteiger partial charge on any atom is -0.386 e. The Bertz CT molecular complexity index is 258. The second-order valence-corrected chi connectivity index (χ2v) is 4.44. The van der Waals surface area contributed by atoms with Crippen molar-refractivity contribution in [2.75, 3.05) is 0 Å². The first-order valence-corrected chi connectivity index (χ1v) is 4.84. The van der Waals surface area contributed by atoms with Crippen LogP contribution in [0, 0.1) is 17.8 Å². The Kier molecular flexibility index (Phi) is 4.90. The minimum absolute atomic E-state index is 0.137. The summed E-state index contributed by atoms with van der Waals surface area (Å²) < 4.78 is 0. The molecule has 2 heteroatoms. The lowest BCUT2D eigenvalue weighted by molar-refractivity contribution is 0.132. The van der Waals surface area contributed by atoms with Crippen LogP contribution in [0.3, 0.4) is 0 Å². The van der Waals surface area contributed by atoms with E-state index in [4.69, 9.17) is 0 Å². The van der Waals surface area contributed by atoms with E-state index in [0.29, 0.717) is 0 Å². The fourth-order valence-corrected chi connectivity index (χ4v) is 0.920. The van der Waals surface area contributed by atoms with E-state index in [1.807, 2.05) is 20.8 Å². The molecule has 0 aliphatic rings. The maximum Gasteiger partial charge on any atom is 0.117 e. The van der Waals surface area contributed by atoms with Crippen LogP contribution < -0.4 is 0 Å². The predicted molar refractivity (Wildman–Crippen MR) is 58.7 cm³/mol.